The van der Waals surface area contributed by atoms with Crippen LogP contribution in [0.4, 0.5) is 0 Å². The molecule has 1 aromatic carbocycles. The van der Waals surface area contributed by atoms with Gasteiger partial charge in [0, 0.05) is 13.6 Å². The van der Waals surface area contributed by atoms with Crippen molar-refractivity contribution < 1.29 is 0 Å². The average molecular weight is 249 g/mol. The Morgan fingerprint density at radius 1 is 1.36 bits per heavy atom. The van der Waals surface area contributed by atoms with Crippen molar-refractivity contribution in [3.63, 3.8) is 0 Å². The first kappa shape index (κ1) is 11.6. The summed E-state index contributed by atoms with van der Waals surface area (Å²) >= 11 is 16.6. The van der Waals surface area contributed by atoms with E-state index in [1.165, 1.54) is 0 Å². The van der Waals surface area contributed by atoms with E-state index in [0.29, 0.717) is 21.7 Å². The molecule has 0 atom stereocenters. The normalized spacial score (nSPS) is 9.64. The molecule has 1 aromatic rings. The topological polar surface area (TPSA) is 24.1 Å². The summed E-state index contributed by atoms with van der Waals surface area (Å²) in [5, 5.41) is 7.56. The minimum atomic E-state index is 0.557. The molecule has 0 amide bonds. The molecule has 0 aromatic heterocycles. The van der Waals surface area contributed by atoms with Crippen LogP contribution in [0.3, 0.4) is 0 Å². The van der Waals surface area contributed by atoms with Crippen molar-refractivity contribution in [3.8, 4) is 0 Å². The highest BCUT2D eigenvalue weighted by Crippen LogP contribution is 2.22. The number of nitrogens with one attached hydrogen (secondary N) is 2. The second-order valence-electron chi connectivity index (χ2n) is 2.68. The van der Waals surface area contributed by atoms with Gasteiger partial charge >= 0.3 is 0 Å². The maximum Gasteiger partial charge on any atom is 0.166 e. The SMILES string of the molecule is CNC(=S)NCc1ccc(Cl)c(Cl)c1. The lowest BCUT2D eigenvalue weighted by atomic mass is 10.2. The van der Waals surface area contributed by atoms with Gasteiger partial charge in [-0.3, -0.25) is 0 Å². The fraction of sp³-hybridized carbons (Fsp3) is 0.222. The van der Waals surface area contributed by atoms with Gasteiger partial charge in [0.2, 0.25) is 0 Å². The highest BCUT2D eigenvalue weighted by Gasteiger charge is 1.99. The zero-order valence-corrected chi connectivity index (χ0v) is 9.93. The minimum absolute atomic E-state index is 0.557. The molecular weight excluding hydrogens is 239 g/mol. The van der Waals surface area contributed by atoms with E-state index >= 15 is 0 Å². The van der Waals surface area contributed by atoms with E-state index in [1.54, 1.807) is 13.1 Å². The van der Waals surface area contributed by atoms with Crippen LogP contribution in [0.15, 0.2) is 18.2 Å². The zero-order chi connectivity index (χ0) is 10.6. The summed E-state index contributed by atoms with van der Waals surface area (Å²) in [4.78, 5) is 0. The average Bonchev–Trinajstić information content (AvgIpc) is 2.19. The second kappa shape index (κ2) is 5.39. The van der Waals surface area contributed by atoms with Gasteiger partial charge in [-0.1, -0.05) is 29.3 Å². The van der Waals surface area contributed by atoms with Gasteiger partial charge in [0.15, 0.2) is 5.11 Å². The predicted molar refractivity (Wildman–Crippen MR) is 65.0 cm³/mol. The first-order chi connectivity index (χ1) is 6.63. The molecule has 0 spiro atoms. The molecular formula is C9H10Cl2N2S. The molecule has 0 saturated heterocycles. The van der Waals surface area contributed by atoms with Crippen molar-refractivity contribution in [2.45, 2.75) is 6.54 Å². The standard InChI is InChI=1S/C9H10Cl2N2S/c1-12-9(14)13-5-6-2-3-7(10)8(11)4-6/h2-4H,5H2,1H3,(H2,12,13,14). The predicted octanol–water partition coefficient (Wildman–Crippen LogP) is 2.59. The Hall–Kier alpha value is -0.510. The Balaban J connectivity index is 2.60. The van der Waals surface area contributed by atoms with Crippen molar-refractivity contribution in [1.82, 2.24) is 10.6 Å². The van der Waals surface area contributed by atoms with Crippen LogP contribution in [0, 0.1) is 0 Å². The molecule has 0 aliphatic carbocycles. The van der Waals surface area contributed by atoms with Crippen LogP contribution < -0.4 is 10.6 Å². The molecule has 2 nitrogen and oxygen atoms in total. The minimum Gasteiger partial charge on any atom is -0.366 e. The van der Waals surface area contributed by atoms with E-state index in [-0.39, 0.29) is 0 Å². The highest BCUT2D eigenvalue weighted by molar-refractivity contribution is 7.80. The number of rotatable bonds is 2. The summed E-state index contributed by atoms with van der Waals surface area (Å²) < 4.78 is 0. The van der Waals surface area contributed by atoms with Gasteiger partial charge in [-0.15, -0.1) is 0 Å². The third-order valence-corrected chi connectivity index (χ3v) is 2.75. The Morgan fingerprint density at radius 2 is 2.07 bits per heavy atom. The number of hydrogen-bond acceptors (Lipinski definition) is 1. The van der Waals surface area contributed by atoms with Gasteiger partial charge in [0.05, 0.1) is 10.0 Å². The van der Waals surface area contributed by atoms with E-state index in [0.717, 1.165) is 5.56 Å². The van der Waals surface area contributed by atoms with Gasteiger partial charge in [-0.2, -0.15) is 0 Å². The van der Waals surface area contributed by atoms with Crippen LogP contribution >= 0.6 is 35.4 Å². The van der Waals surface area contributed by atoms with Crippen LogP contribution in [0.1, 0.15) is 5.56 Å². The number of thiocarbonyl (C=S) groups is 1. The molecule has 0 fully saturated rings. The van der Waals surface area contributed by atoms with Crippen LogP contribution in [-0.4, -0.2) is 12.2 Å². The summed E-state index contributed by atoms with van der Waals surface area (Å²) in [6.45, 7) is 0.635. The number of hydrogen-bond donors (Lipinski definition) is 2. The van der Waals surface area contributed by atoms with Crippen molar-refractivity contribution in [2.75, 3.05) is 7.05 Å². The van der Waals surface area contributed by atoms with Crippen molar-refractivity contribution in [1.29, 1.82) is 0 Å². The molecule has 76 valence electrons. The Labute approximate surface area is 98.6 Å². The summed E-state index contributed by atoms with van der Waals surface area (Å²) in [7, 11) is 1.77. The highest BCUT2D eigenvalue weighted by atomic mass is 35.5. The fourth-order valence-corrected chi connectivity index (χ4v) is 1.31. The van der Waals surface area contributed by atoms with Crippen molar-refractivity contribution in [2.24, 2.45) is 0 Å². The molecule has 0 radical (unpaired) electrons. The third-order valence-electron chi connectivity index (χ3n) is 1.66. The fourth-order valence-electron chi connectivity index (χ4n) is 0.920. The molecule has 0 aliphatic heterocycles. The quantitative estimate of drug-likeness (QED) is 0.788. The molecule has 0 heterocycles. The Kier molecular flexibility index (Phi) is 4.45. The van der Waals surface area contributed by atoms with E-state index in [1.807, 2.05) is 12.1 Å². The summed E-state index contributed by atoms with van der Waals surface area (Å²) in [6.07, 6.45) is 0. The largest absolute Gasteiger partial charge is 0.366 e. The first-order valence-electron chi connectivity index (χ1n) is 4.03. The second-order valence-corrected chi connectivity index (χ2v) is 3.90. The Morgan fingerprint density at radius 3 is 2.64 bits per heavy atom. The zero-order valence-electron chi connectivity index (χ0n) is 7.60. The summed E-state index contributed by atoms with van der Waals surface area (Å²) in [6, 6.07) is 5.48. The maximum atomic E-state index is 5.85. The van der Waals surface area contributed by atoms with E-state index in [9.17, 15) is 0 Å². The first-order valence-corrected chi connectivity index (χ1v) is 5.19. The third kappa shape index (κ3) is 3.33. The molecule has 2 N–H and O–H groups in total. The van der Waals surface area contributed by atoms with Crippen LogP contribution in [-0.2, 0) is 6.54 Å². The van der Waals surface area contributed by atoms with Crippen LogP contribution in [0.25, 0.3) is 0 Å². The lowest BCUT2D eigenvalue weighted by molar-refractivity contribution is 0.891. The summed E-state index contributed by atoms with van der Waals surface area (Å²) in [5.74, 6) is 0. The molecule has 14 heavy (non-hydrogen) atoms. The van der Waals surface area contributed by atoms with E-state index in [4.69, 9.17) is 35.4 Å². The van der Waals surface area contributed by atoms with E-state index < -0.39 is 0 Å². The van der Waals surface area contributed by atoms with Gasteiger partial charge < -0.3 is 10.6 Å². The van der Waals surface area contributed by atoms with Gasteiger partial charge in [0.1, 0.15) is 0 Å². The molecule has 0 aliphatic rings. The number of benzene rings is 1. The van der Waals surface area contributed by atoms with Crippen molar-refractivity contribution in [3.05, 3.63) is 33.8 Å². The monoisotopic (exact) mass is 248 g/mol. The maximum absolute atomic E-state index is 5.85. The van der Waals surface area contributed by atoms with Gasteiger partial charge in [-0.25, -0.2) is 0 Å². The molecule has 0 unspecified atom stereocenters. The van der Waals surface area contributed by atoms with Gasteiger partial charge in [-0.05, 0) is 29.9 Å². The lowest BCUT2D eigenvalue weighted by Gasteiger charge is -2.07. The van der Waals surface area contributed by atoms with Crippen molar-refractivity contribution >= 4 is 40.5 Å². The van der Waals surface area contributed by atoms with Gasteiger partial charge in [0.25, 0.3) is 0 Å². The lowest BCUT2D eigenvalue weighted by Crippen LogP contribution is -2.31. The Bertz CT molecular complexity index is 342. The molecule has 5 heteroatoms. The molecule has 0 bridgehead atoms. The number of halogens is 2. The van der Waals surface area contributed by atoms with E-state index in [2.05, 4.69) is 10.6 Å². The smallest absolute Gasteiger partial charge is 0.166 e. The van der Waals surface area contributed by atoms with Crippen LogP contribution in [0.2, 0.25) is 10.0 Å². The molecule has 1 rings (SSSR count). The van der Waals surface area contributed by atoms with Crippen LogP contribution in [0.5, 0.6) is 0 Å². The summed E-state index contributed by atoms with van der Waals surface area (Å²) in [5.41, 5.74) is 1.04. The molecule has 0 saturated carbocycles.